The van der Waals surface area contributed by atoms with Gasteiger partial charge >= 0.3 is 0 Å². The molecule has 1 fully saturated rings. The molecule has 1 aromatic carbocycles. The second kappa shape index (κ2) is 8.33. The number of amides is 2. The highest BCUT2D eigenvalue weighted by atomic mass is 16.5. The SMILES string of the molecule is COc1ccc(C2Cn3cc(C(=O)N4CCN(c5ccccn5)CC4)nc3C(=O)N2)cc1. The molecular formula is C23H24N6O3. The van der Waals surface area contributed by atoms with E-state index in [-0.39, 0.29) is 23.7 Å². The highest BCUT2D eigenvalue weighted by Crippen LogP contribution is 2.24. The molecule has 2 aliphatic heterocycles. The van der Waals surface area contributed by atoms with E-state index in [2.05, 4.69) is 20.2 Å². The summed E-state index contributed by atoms with van der Waals surface area (Å²) in [6.07, 6.45) is 3.46. The van der Waals surface area contributed by atoms with Gasteiger partial charge in [-0.05, 0) is 29.8 Å². The lowest BCUT2D eigenvalue weighted by Crippen LogP contribution is -2.49. The first-order valence-electron chi connectivity index (χ1n) is 10.6. The number of carbonyl (C=O) groups excluding carboxylic acids is 2. The Bertz CT molecular complexity index is 1120. The summed E-state index contributed by atoms with van der Waals surface area (Å²) in [5, 5.41) is 2.98. The summed E-state index contributed by atoms with van der Waals surface area (Å²) in [5.74, 6) is 1.51. The molecule has 4 heterocycles. The molecule has 0 spiro atoms. The van der Waals surface area contributed by atoms with Gasteiger partial charge in [-0.1, -0.05) is 18.2 Å². The van der Waals surface area contributed by atoms with Gasteiger partial charge in [-0.2, -0.15) is 0 Å². The molecule has 2 aromatic heterocycles. The van der Waals surface area contributed by atoms with Gasteiger partial charge < -0.3 is 24.4 Å². The number of piperazine rings is 1. The number of nitrogens with zero attached hydrogens (tertiary/aromatic N) is 5. The van der Waals surface area contributed by atoms with Crippen LogP contribution in [0.5, 0.6) is 5.75 Å². The van der Waals surface area contributed by atoms with Crippen LogP contribution in [-0.4, -0.2) is 64.5 Å². The third kappa shape index (κ3) is 3.77. The van der Waals surface area contributed by atoms with Crippen molar-refractivity contribution in [2.75, 3.05) is 38.2 Å². The van der Waals surface area contributed by atoms with Crippen LogP contribution < -0.4 is 15.0 Å². The highest BCUT2D eigenvalue weighted by molar-refractivity contribution is 5.96. The molecule has 0 aliphatic carbocycles. The molecule has 1 atom stereocenters. The number of pyridine rings is 1. The topological polar surface area (TPSA) is 92.6 Å². The van der Waals surface area contributed by atoms with Crippen molar-refractivity contribution >= 4 is 17.6 Å². The van der Waals surface area contributed by atoms with Crippen molar-refractivity contribution in [1.29, 1.82) is 0 Å². The third-order valence-electron chi connectivity index (χ3n) is 5.94. The number of nitrogens with one attached hydrogen (secondary N) is 1. The normalized spacial score (nSPS) is 18.2. The molecule has 1 unspecified atom stereocenters. The lowest BCUT2D eigenvalue weighted by Gasteiger charge is -2.35. The van der Waals surface area contributed by atoms with E-state index in [4.69, 9.17) is 4.74 Å². The van der Waals surface area contributed by atoms with Crippen LogP contribution in [0.25, 0.3) is 0 Å². The molecule has 9 nitrogen and oxygen atoms in total. The molecule has 164 valence electrons. The Hall–Kier alpha value is -3.88. The first-order chi connectivity index (χ1) is 15.6. The Morgan fingerprint density at radius 1 is 1.09 bits per heavy atom. The third-order valence-corrected chi connectivity index (χ3v) is 5.94. The van der Waals surface area contributed by atoms with Crippen LogP contribution >= 0.6 is 0 Å². The van der Waals surface area contributed by atoms with Crippen molar-refractivity contribution in [3.8, 4) is 5.75 Å². The van der Waals surface area contributed by atoms with Crippen LogP contribution in [-0.2, 0) is 6.54 Å². The van der Waals surface area contributed by atoms with Crippen LogP contribution in [0, 0.1) is 0 Å². The van der Waals surface area contributed by atoms with Crippen molar-refractivity contribution in [3.63, 3.8) is 0 Å². The summed E-state index contributed by atoms with van der Waals surface area (Å²) in [5.41, 5.74) is 1.27. The van der Waals surface area contributed by atoms with E-state index in [1.165, 1.54) is 0 Å². The average molecular weight is 432 g/mol. The predicted octanol–water partition coefficient (Wildman–Crippen LogP) is 1.73. The predicted molar refractivity (Wildman–Crippen MR) is 118 cm³/mol. The Labute approximate surface area is 185 Å². The summed E-state index contributed by atoms with van der Waals surface area (Å²) >= 11 is 0. The fourth-order valence-electron chi connectivity index (χ4n) is 4.17. The largest absolute Gasteiger partial charge is 0.497 e. The Morgan fingerprint density at radius 2 is 1.88 bits per heavy atom. The number of hydrogen-bond donors (Lipinski definition) is 1. The van der Waals surface area contributed by atoms with E-state index in [1.807, 2.05) is 42.5 Å². The molecule has 5 rings (SSSR count). The van der Waals surface area contributed by atoms with Crippen LogP contribution in [0.15, 0.2) is 54.9 Å². The van der Waals surface area contributed by atoms with Gasteiger partial charge in [-0.15, -0.1) is 0 Å². The summed E-state index contributed by atoms with van der Waals surface area (Å²) in [4.78, 5) is 38.4. The molecule has 1 saturated heterocycles. The maximum atomic E-state index is 13.1. The van der Waals surface area contributed by atoms with E-state index in [0.717, 1.165) is 17.1 Å². The highest BCUT2D eigenvalue weighted by Gasteiger charge is 2.31. The summed E-state index contributed by atoms with van der Waals surface area (Å²) in [6.45, 7) is 3.09. The number of rotatable bonds is 4. The van der Waals surface area contributed by atoms with Crippen molar-refractivity contribution in [2.45, 2.75) is 12.6 Å². The first-order valence-corrected chi connectivity index (χ1v) is 10.6. The zero-order valence-electron chi connectivity index (χ0n) is 17.8. The number of aromatic nitrogens is 3. The van der Waals surface area contributed by atoms with Gasteiger partial charge in [0.1, 0.15) is 17.3 Å². The zero-order valence-corrected chi connectivity index (χ0v) is 17.8. The molecule has 3 aromatic rings. The van der Waals surface area contributed by atoms with Crippen molar-refractivity contribution < 1.29 is 14.3 Å². The average Bonchev–Trinajstić information content (AvgIpc) is 3.29. The zero-order chi connectivity index (χ0) is 22.1. The Morgan fingerprint density at radius 3 is 2.56 bits per heavy atom. The quantitative estimate of drug-likeness (QED) is 0.675. The van der Waals surface area contributed by atoms with Gasteiger partial charge in [0.05, 0.1) is 13.2 Å². The van der Waals surface area contributed by atoms with Crippen molar-refractivity contribution in [1.82, 2.24) is 24.8 Å². The van der Waals surface area contributed by atoms with E-state index >= 15 is 0 Å². The smallest absolute Gasteiger partial charge is 0.287 e. The van der Waals surface area contributed by atoms with E-state index < -0.39 is 0 Å². The monoisotopic (exact) mass is 432 g/mol. The van der Waals surface area contributed by atoms with Gasteiger partial charge in [0, 0.05) is 45.1 Å². The van der Waals surface area contributed by atoms with Crippen LogP contribution in [0.4, 0.5) is 5.82 Å². The molecule has 1 N–H and O–H groups in total. The van der Waals surface area contributed by atoms with Gasteiger partial charge in [-0.3, -0.25) is 9.59 Å². The Balaban J connectivity index is 1.27. The number of carbonyl (C=O) groups is 2. The maximum Gasteiger partial charge on any atom is 0.287 e. The van der Waals surface area contributed by atoms with Gasteiger partial charge in [0.25, 0.3) is 11.8 Å². The first kappa shape index (κ1) is 20.0. The van der Waals surface area contributed by atoms with Crippen molar-refractivity contribution in [3.05, 3.63) is 71.9 Å². The number of fused-ring (bicyclic) bond motifs is 1. The molecular weight excluding hydrogens is 408 g/mol. The van der Waals surface area contributed by atoms with E-state index in [1.54, 1.807) is 29.0 Å². The fraction of sp³-hybridized carbons (Fsp3) is 0.304. The molecule has 9 heteroatoms. The summed E-state index contributed by atoms with van der Waals surface area (Å²) in [6, 6.07) is 13.2. The number of anilines is 1. The number of methoxy groups -OCH3 is 1. The lowest BCUT2D eigenvalue weighted by atomic mass is 10.1. The minimum atomic E-state index is -0.281. The second-order valence-corrected chi connectivity index (χ2v) is 7.87. The maximum absolute atomic E-state index is 13.1. The molecule has 0 radical (unpaired) electrons. The number of ether oxygens (including phenoxy) is 1. The molecule has 32 heavy (non-hydrogen) atoms. The number of benzene rings is 1. The van der Waals surface area contributed by atoms with E-state index in [0.29, 0.717) is 38.4 Å². The fourth-order valence-corrected chi connectivity index (χ4v) is 4.17. The standard InChI is InChI=1S/C23H24N6O3/c1-32-17-7-5-16(6-8-17)18-14-29-15-19(25-21(29)22(30)26-18)23(31)28-12-10-27(11-13-28)20-4-2-3-9-24-20/h2-9,15,18H,10-14H2,1H3,(H,26,30). The molecule has 2 amide bonds. The van der Waals surface area contributed by atoms with Crippen molar-refractivity contribution in [2.24, 2.45) is 0 Å². The van der Waals surface area contributed by atoms with Gasteiger partial charge in [-0.25, -0.2) is 9.97 Å². The molecule has 0 bridgehead atoms. The second-order valence-electron chi connectivity index (χ2n) is 7.87. The van der Waals surface area contributed by atoms with Crippen LogP contribution in [0.2, 0.25) is 0 Å². The van der Waals surface area contributed by atoms with Gasteiger partial charge in [0.2, 0.25) is 0 Å². The molecule has 2 aliphatic rings. The number of imidazole rings is 1. The van der Waals surface area contributed by atoms with Gasteiger partial charge in [0.15, 0.2) is 5.82 Å². The van der Waals surface area contributed by atoms with E-state index in [9.17, 15) is 9.59 Å². The van der Waals surface area contributed by atoms with Crippen LogP contribution in [0.1, 0.15) is 32.7 Å². The minimum Gasteiger partial charge on any atom is -0.497 e. The van der Waals surface area contributed by atoms with Crippen LogP contribution in [0.3, 0.4) is 0 Å². The number of hydrogen-bond acceptors (Lipinski definition) is 6. The minimum absolute atomic E-state index is 0.152. The summed E-state index contributed by atoms with van der Waals surface area (Å²) < 4.78 is 6.97. The Kier molecular flexibility index (Phi) is 5.22. The lowest BCUT2D eigenvalue weighted by molar-refractivity contribution is 0.0741. The molecule has 0 saturated carbocycles. The summed E-state index contributed by atoms with van der Waals surface area (Å²) in [7, 11) is 1.62.